The lowest BCUT2D eigenvalue weighted by Crippen LogP contribution is -1.94. The first-order chi connectivity index (χ1) is 6.69. The third-order valence-corrected chi connectivity index (χ3v) is 2.30. The van der Waals surface area contributed by atoms with Crippen LogP contribution in [0.2, 0.25) is 10.0 Å². The van der Waals surface area contributed by atoms with Gasteiger partial charge in [0, 0.05) is 16.7 Å². The van der Waals surface area contributed by atoms with Crippen LogP contribution in [0.25, 0.3) is 0 Å². The van der Waals surface area contributed by atoms with Crippen molar-refractivity contribution in [3.8, 4) is 5.75 Å². The molecule has 0 fully saturated rings. The fourth-order valence-corrected chi connectivity index (χ4v) is 1.43. The highest BCUT2D eigenvalue weighted by molar-refractivity contribution is 6.34. The van der Waals surface area contributed by atoms with Crippen molar-refractivity contribution in [1.29, 1.82) is 0 Å². The molecule has 1 aromatic carbocycles. The summed E-state index contributed by atoms with van der Waals surface area (Å²) in [7, 11) is 2.96. The van der Waals surface area contributed by atoms with E-state index in [0.29, 0.717) is 15.8 Å². The van der Waals surface area contributed by atoms with Crippen molar-refractivity contribution >= 4 is 23.2 Å². The smallest absolute Gasteiger partial charge is 0.138 e. The quantitative estimate of drug-likeness (QED) is 0.594. The molecule has 0 amide bonds. The van der Waals surface area contributed by atoms with Gasteiger partial charge in [-0.2, -0.15) is 0 Å². The second kappa shape index (κ2) is 5.41. The fourth-order valence-electron chi connectivity index (χ4n) is 0.959. The third-order valence-electron chi connectivity index (χ3n) is 1.65. The predicted molar refractivity (Wildman–Crippen MR) is 54.8 cm³/mol. The van der Waals surface area contributed by atoms with E-state index >= 15 is 0 Å². The van der Waals surface area contributed by atoms with Gasteiger partial charge in [0.2, 0.25) is 0 Å². The topological polar surface area (TPSA) is 27.7 Å². The Hall–Kier alpha value is -0.480. The summed E-state index contributed by atoms with van der Waals surface area (Å²) in [4.78, 5) is 9.21. The van der Waals surface area contributed by atoms with E-state index in [1.165, 1.54) is 14.2 Å². The summed E-state index contributed by atoms with van der Waals surface area (Å²) in [5.74, 6) is 0.540. The average Bonchev–Trinajstić information content (AvgIpc) is 2.18. The molecule has 1 aromatic rings. The maximum absolute atomic E-state index is 5.94. The summed E-state index contributed by atoms with van der Waals surface area (Å²) in [5.41, 5.74) is 0.749. The van der Waals surface area contributed by atoms with E-state index in [0.717, 1.165) is 5.56 Å². The van der Waals surface area contributed by atoms with Gasteiger partial charge in [0.25, 0.3) is 0 Å². The van der Waals surface area contributed by atoms with Gasteiger partial charge in [0.15, 0.2) is 0 Å². The minimum Gasteiger partial charge on any atom is -0.495 e. The summed E-state index contributed by atoms with van der Waals surface area (Å²) in [5, 5.41) is 1.02. The standard InChI is InChI=1S/C9H10Cl2O3/c1-12-9-4-7(10)6(3-8(9)11)5-14-13-2/h3-4H,5H2,1-2H3. The van der Waals surface area contributed by atoms with Crippen LogP contribution in [0.3, 0.4) is 0 Å². The predicted octanol–water partition coefficient (Wildman–Crippen LogP) is 3.08. The van der Waals surface area contributed by atoms with E-state index in [4.69, 9.17) is 32.8 Å². The number of hydrogen-bond donors (Lipinski definition) is 0. The first-order valence-corrected chi connectivity index (χ1v) is 4.62. The van der Waals surface area contributed by atoms with Crippen LogP contribution < -0.4 is 4.74 Å². The summed E-state index contributed by atoms with van der Waals surface area (Å²) < 4.78 is 5.00. The van der Waals surface area contributed by atoms with Crippen molar-refractivity contribution < 1.29 is 14.5 Å². The second-order valence-corrected chi connectivity index (χ2v) is 3.32. The summed E-state index contributed by atoms with van der Waals surface area (Å²) in [6, 6.07) is 3.32. The SMILES string of the molecule is COOCc1cc(Cl)c(OC)cc1Cl. The van der Waals surface area contributed by atoms with E-state index in [-0.39, 0.29) is 6.61 Å². The molecule has 0 spiro atoms. The highest BCUT2D eigenvalue weighted by atomic mass is 35.5. The molecule has 0 heterocycles. The van der Waals surface area contributed by atoms with Crippen molar-refractivity contribution in [2.75, 3.05) is 14.2 Å². The zero-order valence-corrected chi connectivity index (χ0v) is 9.35. The van der Waals surface area contributed by atoms with Gasteiger partial charge in [-0.1, -0.05) is 23.2 Å². The fraction of sp³-hybridized carbons (Fsp3) is 0.333. The van der Waals surface area contributed by atoms with E-state index < -0.39 is 0 Å². The van der Waals surface area contributed by atoms with Gasteiger partial charge < -0.3 is 4.74 Å². The lowest BCUT2D eigenvalue weighted by Gasteiger charge is -2.08. The molecular weight excluding hydrogens is 227 g/mol. The third kappa shape index (κ3) is 2.75. The number of hydrogen-bond acceptors (Lipinski definition) is 3. The van der Waals surface area contributed by atoms with Crippen molar-refractivity contribution in [1.82, 2.24) is 0 Å². The Bertz CT molecular complexity index is 315. The highest BCUT2D eigenvalue weighted by Gasteiger charge is 2.07. The first kappa shape index (κ1) is 11.6. The van der Waals surface area contributed by atoms with Gasteiger partial charge in [-0.05, 0) is 6.07 Å². The van der Waals surface area contributed by atoms with Crippen LogP contribution >= 0.6 is 23.2 Å². The molecule has 0 atom stereocenters. The Morgan fingerprint density at radius 2 is 1.86 bits per heavy atom. The van der Waals surface area contributed by atoms with Crippen LogP contribution in [0.1, 0.15) is 5.56 Å². The molecule has 0 aliphatic heterocycles. The molecule has 0 bridgehead atoms. The van der Waals surface area contributed by atoms with Gasteiger partial charge in [-0.25, -0.2) is 9.78 Å². The van der Waals surface area contributed by atoms with Crippen molar-refractivity contribution in [2.24, 2.45) is 0 Å². The molecule has 0 saturated heterocycles. The largest absolute Gasteiger partial charge is 0.495 e. The van der Waals surface area contributed by atoms with Crippen LogP contribution in [0, 0.1) is 0 Å². The van der Waals surface area contributed by atoms with Crippen LogP contribution in [0.4, 0.5) is 0 Å². The molecule has 0 aliphatic rings. The molecule has 0 radical (unpaired) electrons. The van der Waals surface area contributed by atoms with Crippen LogP contribution in [-0.4, -0.2) is 14.2 Å². The van der Waals surface area contributed by atoms with Gasteiger partial charge in [0.1, 0.15) is 12.4 Å². The molecular formula is C9H10Cl2O3. The Balaban J connectivity index is 2.90. The Morgan fingerprint density at radius 3 is 2.43 bits per heavy atom. The van der Waals surface area contributed by atoms with Gasteiger partial charge >= 0.3 is 0 Å². The van der Waals surface area contributed by atoms with E-state index in [1.54, 1.807) is 12.1 Å². The number of ether oxygens (including phenoxy) is 1. The highest BCUT2D eigenvalue weighted by Crippen LogP contribution is 2.31. The molecule has 1 rings (SSSR count). The van der Waals surface area contributed by atoms with E-state index in [2.05, 4.69) is 4.89 Å². The number of halogens is 2. The lowest BCUT2D eigenvalue weighted by molar-refractivity contribution is -0.282. The lowest BCUT2D eigenvalue weighted by atomic mass is 10.2. The summed E-state index contributed by atoms with van der Waals surface area (Å²) in [6.07, 6.45) is 0. The molecule has 3 nitrogen and oxygen atoms in total. The number of benzene rings is 1. The molecule has 0 aromatic heterocycles. The average molecular weight is 237 g/mol. The molecule has 5 heteroatoms. The number of rotatable bonds is 4. The van der Waals surface area contributed by atoms with Crippen LogP contribution in [0.15, 0.2) is 12.1 Å². The molecule has 0 aliphatic carbocycles. The summed E-state index contributed by atoms with van der Waals surface area (Å²) >= 11 is 11.8. The van der Waals surface area contributed by atoms with Crippen molar-refractivity contribution in [2.45, 2.75) is 6.61 Å². The molecule has 0 unspecified atom stereocenters. The Labute approximate surface area is 92.4 Å². The molecule has 0 saturated carbocycles. The second-order valence-electron chi connectivity index (χ2n) is 2.51. The van der Waals surface area contributed by atoms with Crippen LogP contribution in [-0.2, 0) is 16.4 Å². The normalized spacial score (nSPS) is 10.3. The maximum Gasteiger partial charge on any atom is 0.138 e. The minimum absolute atomic E-state index is 0.249. The first-order valence-electron chi connectivity index (χ1n) is 3.86. The maximum atomic E-state index is 5.94. The zero-order chi connectivity index (χ0) is 10.6. The van der Waals surface area contributed by atoms with E-state index in [9.17, 15) is 0 Å². The van der Waals surface area contributed by atoms with Crippen molar-refractivity contribution in [3.63, 3.8) is 0 Å². The van der Waals surface area contributed by atoms with E-state index in [1.807, 2.05) is 0 Å². The van der Waals surface area contributed by atoms with Crippen molar-refractivity contribution in [3.05, 3.63) is 27.7 Å². The summed E-state index contributed by atoms with van der Waals surface area (Å²) in [6.45, 7) is 0.249. The molecule has 14 heavy (non-hydrogen) atoms. The monoisotopic (exact) mass is 236 g/mol. The Morgan fingerprint density at radius 1 is 1.14 bits per heavy atom. The zero-order valence-electron chi connectivity index (χ0n) is 7.84. The molecule has 78 valence electrons. The van der Waals surface area contributed by atoms with Gasteiger partial charge in [-0.15, -0.1) is 0 Å². The Kier molecular flexibility index (Phi) is 4.48. The molecule has 0 N–H and O–H groups in total. The number of methoxy groups -OCH3 is 1. The minimum atomic E-state index is 0.249. The van der Waals surface area contributed by atoms with Gasteiger partial charge in [0.05, 0.1) is 19.2 Å². The van der Waals surface area contributed by atoms with Crippen LogP contribution in [0.5, 0.6) is 5.75 Å². The van der Waals surface area contributed by atoms with Gasteiger partial charge in [-0.3, -0.25) is 0 Å².